The number of para-hydroxylation sites is 1. The van der Waals surface area contributed by atoms with Gasteiger partial charge in [-0.25, -0.2) is 4.98 Å². The summed E-state index contributed by atoms with van der Waals surface area (Å²) in [6, 6.07) is 31.0. The molecule has 0 saturated carbocycles. The van der Waals surface area contributed by atoms with Crippen molar-refractivity contribution in [3.05, 3.63) is 118 Å². The summed E-state index contributed by atoms with van der Waals surface area (Å²) in [5.41, 5.74) is 4.39. The summed E-state index contributed by atoms with van der Waals surface area (Å²) in [4.78, 5) is 17.9. The second kappa shape index (κ2) is 11.9. The van der Waals surface area contributed by atoms with Crippen LogP contribution >= 0.6 is 22.9 Å². The molecule has 7 heteroatoms. The summed E-state index contributed by atoms with van der Waals surface area (Å²) < 4.78 is 12.2. The van der Waals surface area contributed by atoms with Gasteiger partial charge in [-0.15, -0.1) is 11.3 Å². The minimum atomic E-state index is -0.167. The van der Waals surface area contributed by atoms with E-state index in [1.165, 1.54) is 0 Å². The number of thiazole rings is 1. The lowest BCUT2D eigenvalue weighted by Gasteiger charge is -2.10. The highest BCUT2D eigenvalue weighted by molar-refractivity contribution is 7.19. The summed E-state index contributed by atoms with van der Waals surface area (Å²) in [5, 5.41) is 4.17. The molecule has 0 bridgehead atoms. The van der Waals surface area contributed by atoms with E-state index in [0.29, 0.717) is 23.1 Å². The first-order valence-electron chi connectivity index (χ1n) is 12.0. The van der Waals surface area contributed by atoms with E-state index in [-0.39, 0.29) is 12.3 Å². The van der Waals surface area contributed by atoms with Crippen LogP contribution in [0.4, 0.5) is 5.69 Å². The average molecular weight is 541 g/mol. The van der Waals surface area contributed by atoms with Crippen LogP contribution in [0.15, 0.2) is 97.1 Å². The third kappa shape index (κ3) is 6.40. The Hall–Kier alpha value is -4.13. The van der Waals surface area contributed by atoms with Gasteiger partial charge in [-0.05, 0) is 65.2 Å². The van der Waals surface area contributed by atoms with Crippen molar-refractivity contribution >= 4 is 56.4 Å². The molecule has 5 rings (SSSR count). The fourth-order valence-corrected chi connectivity index (χ4v) is 5.16. The van der Waals surface area contributed by atoms with E-state index >= 15 is 0 Å². The number of benzene rings is 4. The van der Waals surface area contributed by atoms with Crippen molar-refractivity contribution in [1.82, 2.24) is 4.98 Å². The number of anilines is 1. The van der Waals surface area contributed by atoms with Gasteiger partial charge < -0.3 is 14.8 Å². The highest BCUT2D eigenvalue weighted by atomic mass is 35.5. The summed E-state index contributed by atoms with van der Waals surface area (Å²) in [5.74, 6) is 1.16. The molecule has 0 atom stereocenters. The molecule has 1 amide bonds. The van der Waals surface area contributed by atoms with Gasteiger partial charge in [0.25, 0.3) is 0 Å². The summed E-state index contributed by atoms with van der Waals surface area (Å²) in [6.07, 6.45) is 2.15. The number of nitrogens with zero attached hydrogens (tertiary/aromatic N) is 1. The van der Waals surface area contributed by atoms with Crippen LogP contribution in [0.1, 0.15) is 22.6 Å². The standard InChI is InChI=1S/C31H25ClN2O3S/c1-36-28-16-13-24(19-26(28)32)33-30(35)18-23(31-34-27-9-5-6-10-29(27)38-31)17-21-11-14-25(15-12-21)37-20-22-7-3-2-4-8-22/h2-17,19H,18,20H2,1H3,(H,33,35)/b23-17-. The lowest BCUT2D eigenvalue weighted by molar-refractivity contribution is -0.115. The summed E-state index contributed by atoms with van der Waals surface area (Å²) in [6.45, 7) is 0.503. The van der Waals surface area contributed by atoms with Crippen LogP contribution in [0, 0.1) is 0 Å². The molecule has 38 heavy (non-hydrogen) atoms. The van der Waals surface area contributed by atoms with Gasteiger partial charge in [0.1, 0.15) is 23.1 Å². The molecule has 0 aliphatic rings. The van der Waals surface area contributed by atoms with Crippen LogP contribution in [0.25, 0.3) is 21.9 Å². The van der Waals surface area contributed by atoms with Crippen LogP contribution in [0.3, 0.4) is 0 Å². The molecule has 0 saturated heterocycles. The Bertz CT molecular complexity index is 1550. The molecule has 190 valence electrons. The molecule has 1 heterocycles. The van der Waals surface area contributed by atoms with Crippen molar-refractivity contribution in [1.29, 1.82) is 0 Å². The van der Waals surface area contributed by atoms with Crippen molar-refractivity contribution in [2.45, 2.75) is 13.0 Å². The Morgan fingerprint density at radius 1 is 0.974 bits per heavy atom. The average Bonchev–Trinajstić information content (AvgIpc) is 3.37. The van der Waals surface area contributed by atoms with Gasteiger partial charge in [-0.3, -0.25) is 4.79 Å². The Morgan fingerprint density at radius 3 is 2.47 bits per heavy atom. The number of rotatable bonds is 9. The predicted octanol–water partition coefficient (Wildman–Crippen LogP) is 8.11. The number of ether oxygens (including phenoxy) is 2. The van der Waals surface area contributed by atoms with Crippen molar-refractivity contribution in [3.63, 3.8) is 0 Å². The first kappa shape index (κ1) is 25.5. The Balaban J connectivity index is 1.36. The number of hydrogen-bond donors (Lipinski definition) is 1. The number of nitrogens with one attached hydrogen (secondary N) is 1. The van der Waals surface area contributed by atoms with Crippen LogP contribution in [-0.2, 0) is 11.4 Å². The van der Waals surface area contributed by atoms with E-state index < -0.39 is 0 Å². The lowest BCUT2D eigenvalue weighted by Crippen LogP contribution is -2.12. The molecular formula is C31H25ClN2O3S. The maximum absolute atomic E-state index is 13.1. The molecule has 4 aromatic carbocycles. The normalized spacial score (nSPS) is 11.4. The number of halogens is 1. The fourth-order valence-electron chi connectivity index (χ4n) is 3.92. The van der Waals surface area contributed by atoms with Crippen molar-refractivity contribution in [2.75, 3.05) is 12.4 Å². The van der Waals surface area contributed by atoms with Gasteiger partial charge in [0.05, 0.1) is 28.8 Å². The molecule has 0 fully saturated rings. The van der Waals surface area contributed by atoms with Crippen molar-refractivity contribution < 1.29 is 14.3 Å². The maximum Gasteiger partial charge on any atom is 0.228 e. The zero-order valence-corrected chi connectivity index (χ0v) is 22.3. The van der Waals surface area contributed by atoms with Crippen LogP contribution in [0.2, 0.25) is 5.02 Å². The quantitative estimate of drug-likeness (QED) is 0.205. The number of aromatic nitrogens is 1. The van der Waals surface area contributed by atoms with Crippen LogP contribution < -0.4 is 14.8 Å². The Labute approximate surface area is 230 Å². The van der Waals surface area contributed by atoms with Crippen LogP contribution in [0.5, 0.6) is 11.5 Å². The highest BCUT2D eigenvalue weighted by Gasteiger charge is 2.14. The monoisotopic (exact) mass is 540 g/mol. The molecule has 1 aromatic heterocycles. The van der Waals surface area contributed by atoms with Gasteiger partial charge in [0, 0.05) is 5.69 Å². The molecule has 1 N–H and O–H groups in total. The van der Waals surface area contributed by atoms with Crippen LogP contribution in [-0.4, -0.2) is 18.0 Å². The van der Waals surface area contributed by atoms with E-state index in [4.69, 9.17) is 26.1 Å². The molecular weight excluding hydrogens is 516 g/mol. The number of methoxy groups -OCH3 is 1. The topological polar surface area (TPSA) is 60.5 Å². The van der Waals surface area contributed by atoms with Gasteiger partial charge in [0.2, 0.25) is 5.91 Å². The third-order valence-electron chi connectivity index (χ3n) is 5.82. The molecule has 0 aliphatic carbocycles. The van der Waals surface area contributed by atoms with E-state index in [9.17, 15) is 4.79 Å². The fraction of sp³-hybridized carbons (Fsp3) is 0.0968. The lowest BCUT2D eigenvalue weighted by atomic mass is 10.1. The molecule has 0 aliphatic heterocycles. The number of fused-ring (bicyclic) bond motifs is 1. The van der Waals surface area contributed by atoms with Crippen molar-refractivity contribution in [2.24, 2.45) is 0 Å². The minimum Gasteiger partial charge on any atom is -0.495 e. The van der Waals surface area contributed by atoms with E-state index in [2.05, 4.69) is 5.32 Å². The molecule has 0 radical (unpaired) electrons. The minimum absolute atomic E-state index is 0.149. The molecule has 0 unspecified atom stereocenters. The van der Waals surface area contributed by atoms with E-state index in [1.807, 2.05) is 84.9 Å². The maximum atomic E-state index is 13.1. The van der Waals surface area contributed by atoms with Gasteiger partial charge in [0.15, 0.2) is 0 Å². The zero-order valence-electron chi connectivity index (χ0n) is 20.7. The summed E-state index contributed by atoms with van der Waals surface area (Å²) in [7, 11) is 1.55. The Morgan fingerprint density at radius 2 is 1.74 bits per heavy atom. The van der Waals surface area contributed by atoms with Gasteiger partial charge in [-0.2, -0.15) is 0 Å². The summed E-state index contributed by atoms with van der Waals surface area (Å²) >= 11 is 7.80. The second-order valence-corrected chi connectivity index (χ2v) is 10.0. The van der Waals surface area contributed by atoms with Gasteiger partial charge in [-0.1, -0.05) is 66.2 Å². The zero-order chi connectivity index (χ0) is 26.3. The number of amides is 1. The smallest absolute Gasteiger partial charge is 0.228 e. The number of hydrogen-bond acceptors (Lipinski definition) is 5. The van der Waals surface area contributed by atoms with E-state index in [0.717, 1.165) is 37.7 Å². The second-order valence-electron chi connectivity index (χ2n) is 8.57. The molecule has 0 spiro atoms. The first-order chi connectivity index (χ1) is 18.6. The van der Waals surface area contributed by atoms with E-state index in [1.54, 1.807) is 36.6 Å². The number of carbonyl (C=O) groups excluding carboxylic acids is 1. The number of carbonyl (C=O) groups is 1. The third-order valence-corrected chi connectivity index (χ3v) is 7.23. The predicted molar refractivity (Wildman–Crippen MR) is 156 cm³/mol. The molecule has 5 aromatic rings. The highest BCUT2D eigenvalue weighted by Crippen LogP contribution is 2.32. The Kier molecular flexibility index (Phi) is 8.02. The van der Waals surface area contributed by atoms with Crippen molar-refractivity contribution in [3.8, 4) is 11.5 Å². The first-order valence-corrected chi connectivity index (χ1v) is 13.2. The van der Waals surface area contributed by atoms with Gasteiger partial charge >= 0.3 is 0 Å². The molecule has 5 nitrogen and oxygen atoms in total. The SMILES string of the molecule is COc1ccc(NC(=O)C/C(=C/c2ccc(OCc3ccccc3)cc2)c2nc3ccccc3s2)cc1Cl. The largest absolute Gasteiger partial charge is 0.495 e.